The van der Waals surface area contributed by atoms with Crippen LogP contribution in [-0.2, 0) is 10.0 Å². The van der Waals surface area contributed by atoms with E-state index in [9.17, 15) is 18.0 Å². The van der Waals surface area contributed by atoms with E-state index in [1.807, 2.05) is 0 Å². The van der Waals surface area contributed by atoms with Gasteiger partial charge in [-0.3, -0.25) is 14.3 Å². The normalized spacial score (nSPS) is 17.1. The van der Waals surface area contributed by atoms with E-state index in [2.05, 4.69) is 20.7 Å². The van der Waals surface area contributed by atoms with Gasteiger partial charge in [0.15, 0.2) is 4.91 Å². The SMILES string of the molecule is O=C1C(N2CCCC2)=C(S(=O)(=O)Nc2ccc(Br)cc2)C(=O)c2ccccc21. The largest absolute Gasteiger partial charge is 0.367 e. The van der Waals surface area contributed by atoms with E-state index in [1.165, 1.54) is 6.07 Å². The van der Waals surface area contributed by atoms with Crippen molar-refractivity contribution < 1.29 is 18.0 Å². The molecule has 1 N–H and O–H groups in total. The van der Waals surface area contributed by atoms with E-state index in [1.54, 1.807) is 47.4 Å². The molecule has 28 heavy (non-hydrogen) atoms. The number of sulfonamides is 1. The number of ketones is 2. The Balaban J connectivity index is 1.86. The molecule has 1 fully saturated rings. The number of nitrogens with zero attached hydrogens (tertiary/aromatic N) is 1. The monoisotopic (exact) mass is 460 g/mol. The molecule has 144 valence electrons. The number of benzene rings is 2. The lowest BCUT2D eigenvalue weighted by Gasteiger charge is -2.27. The van der Waals surface area contributed by atoms with Gasteiger partial charge in [0, 0.05) is 34.4 Å². The van der Waals surface area contributed by atoms with E-state index >= 15 is 0 Å². The predicted molar refractivity (Wildman–Crippen MR) is 110 cm³/mol. The molecule has 0 aromatic heterocycles. The molecule has 0 saturated carbocycles. The van der Waals surface area contributed by atoms with Gasteiger partial charge in [-0.05, 0) is 37.1 Å². The van der Waals surface area contributed by atoms with Crippen LogP contribution in [0.25, 0.3) is 0 Å². The maximum Gasteiger partial charge on any atom is 0.268 e. The van der Waals surface area contributed by atoms with Crippen LogP contribution >= 0.6 is 15.9 Å². The summed E-state index contributed by atoms with van der Waals surface area (Å²) in [6.45, 7) is 1.10. The Labute approximate surface area is 171 Å². The first-order valence-electron chi connectivity index (χ1n) is 8.84. The summed E-state index contributed by atoms with van der Waals surface area (Å²) in [4.78, 5) is 27.6. The van der Waals surface area contributed by atoms with Crippen LogP contribution < -0.4 is 4.72 Å². The second kappa shape index (κ2) is 7.18. The maximum absolute atomic E-state index is 13.2. The Bertz CT molecular complexity index is 1100. The molecular weight excluding hydrogens is 444 g/mol. The maximum atomic E-state index is 13.2. The molecule has 2 aromatic rings. The van der Waals surface area contributed by atoms with Gasteiger partial charge >= 0.3 is 0 Å². The summed E-state index contributed by atoms with van der Waals surface area (Å²) in [5.41, 5.74) is 0.657. The third-order valence-electron chi connectivity index (χ3n) is 4.84. The number of hydrogen-bond acceptors (Lipinski definition) is 5. The number of anilines is 1. The van der Waals surface area contributed by atoms with Gasteiger partial charge in [-0.2, -0.15) is 0 Å². The average molecular weight is 461 g/mol. The van der Waals surface area contributed by atoms with Crippen molar-refractivity contribution in [1.82, 2.24) is 4.90 Å². The minimum atomic E-state index is -4.26. The highest BCUT2D eigenvalue weighted by Crippen LogP contribution is 2.33. The number of carbonyl (C=O) groups excluding carboxylic acids is 2. The van der Waals surface area contributed by atoms with Gasteiger partial charge < -0.3 is 4.90 Å². The standard InChI is InChI=1S/C20H17BrN2O4S/c21-13-7-9-14(10-8-13)22-28(26,27)20-17(23-11-3-4-12-23)18(24)15-5-1-2-6-16(15)19(20)25/h1-2,5-10,22H,3-4,11-12H2. The molecule has 1 aliphatic heterocycles. The Morgan fingerprint density at radius 1 is 0.857 bits per heavy atom. The second-order valence-electron chi connectivity index (χ2n) is 6.69. The lowest BCUT2D eigenvalue weighted by molar-refractivity contribution is 0.0953. The zero-order chi connectivity index (χ0) is 19.9. The number of Topliss-reactive ketones (excluding diaryl/α,β-unsaturated/α-hetero) is 2. The van der Waals surface area contributed by atoms with Gasteiger partial charge in [-0.25, -0.2) is 8.42 Å². The van der Waals surface area contributed by atoms with E-state index in [-0.39, 0.29) is 16.8 Å². The van der Waals surface area contributed by atoms with Crippen LogP contribution in [0.5, 0.6) is 0 Å². The van der Waals surface area contributed by atoms with E-state index < -0.39 is 26.5 Å². The third-order valence-corrected chi connectivity index (χ3v) is 6.79. The van der Waals surface area contributed by atoms with Crippen molar-refractivity contribution in [2.24, 2.45) is 0 Å². The first-order valence-corrected chi connectivity index (χ1v) is 11.1. The zero-order valence-electron chi connectivity index (χ0n) is 14.8. The molecule has 0 radical (unpaired) electrons. The fraction of sp³-hybridized carbons (Fsp3) is 0.200. The molecule has 4 rings (SSSR count). The molecule has 0 unspecified atom stereocenters. The fourth-order valence-electron chi connectivity index (χ4n) is 3.54. The summed E-state index contributed by atoms with van der Waals surface area (Å²) in [5.74, 6) is -1.07. The van der Waals surface area contributed by atoms with Gasteiger partial charge in [-0.1, -0.05) is 40.2 Å². The molecule has 1 aliphatic carbocycles. The molecule has 1 heterocycles. The fourth-order valence-corrected chi connectivity index (χ4v) is 5.18. The lowest BCUT2D eigenvalue weighted by Crippen LogP contribution is -2.36. The average Bonchev–Trinajstić information content (AvgIpc) is 3.20. The van der Waals surface area contributed by atoms with Crippen LogP contribution in [0.15, 0.2) is 63.6 Å². The van der Waals surface area contributed by atoms with Crippen LogP contribution in [0.2, 0.25) is 0 Å². The summed E-state index contributed by atoms with van der Waals surface area (Å²) in [5, 5.41) is 0. The van der Waals surface area contributed by atoms with Gasteiger partial charge in [0.2, 0.25) is 11.6 Å². The highest BCUT2D eigenvalue weighted by atomic mass is 79.9. The van der Waals surface area contributed by atoms with Crippen molar-refractivity contribution in [3.05, 3.63) is 74.7 Å². The van der Waals surface area contributed by atoms with Crippen LogP contribution in [0.3, 0.4) is 0 Å². The van der Waals surface area contributed by atoms with Gasteiger partial charge in [0.05, 0.1) is 0 Å². The molecule has 0 bridgehead atoms. The lowest BCUT2D eigenvalue weighted by atomic mass is 9.92. The smallest absolute Gasteiger partial charge is 0.268 e. The Kier molecular flexibility index (Phi) is 4.84. The number of likely N-dealkylation sites (tertiary alicyclic amines) is 1. The molecule has 0 amide bonds. The summed E-state index contributed by atoms with van der Waals surface area (Å²) in [7, 11) is -4.26. The quantitative estimate of drug-likeness (QED) is 0.753. The summed E-state index contributed by atoms with van der Waals surface area (Å²) in [6, 6.07) is 12.9. The molecular formula is C20H17BrN2O4S. The molecule has 1 saturated heterocycles. The van der Waals surface area contributed by atoms with E-state index in [0.717, 1.165) is 17.3 Å². The number of halogens is 1. The molecule has 6 nitrogen and oxygen atoms in total. The van der Waals surface area contributed by atoms with Gasteiger partial charge in [0.1, 0.15) is 5.70 Å². The topological polar surface area (TPSA) is 83.6 Å². The van der Waals surface area contributed by atoms with Crippen LogP contribution in [-0.4, -0.2) is 38.0 Å². The molecule has 0 spiro atoms. The van der Waals surface area contributed by atoms with Crippen LogP contribution in [0, 0.1) is 0 Å². The van der Waals surface area contributed by atoms with Crippen molar-refractivity contribution in [3.63, 3.8) is 0 Å². The molecule has 8 heteroatoms. The highest BCUT2D eigenvalue weighted by Gasteiger charge is 2.41. The Morgan fingerprint density at radius 2 is 1.43 bits per heavy atom. The predicted octanol–water partition coefficient (Wildman–Crippen LogP) is 3.58. The zero-order valence-corrected chi connectivity index (χ0v) is 17.2. The first kappa shape index (κ1) is 18.9. The minimum absolute atomic E-state index is 0.0224. The number of fused-ring (bicyclic) bond motifs is 1. The van der Waals surface area contributed by atoms with Gasteiger partial charge in [-0.15, -0.1) is 0 Å². The number of carbonyl (C=O) groups is 2. The number of hydrogen-bond donors (Lipinski definition) is 1. The van der Waals surface area contributed by atoms with Crippen LogP contribution in [0.4, 0.5) is 5.69 Å². The third kappa shape index (κ3) is 3.27. The van der Waals surface area contributed by atoms with Crippen molar-refractivity contribution >= 4 is 43.2 Å². The number of allylic oxidation sites excluding steroid dienone is 2. The number of rotatable bonds is 4. The Hall–Kier alpha value is -2.45. The molecule has 2 aromatic carbocycles. The second-order valence-corrected chi connectivity index (χ2v) is 9.22. The molecule has 0 atom stereocenters. The first-order chi connectivity index (χ1) is 13.4. The van der Waals surface area contributed by atoms with Crippen molar-refractivity contribution in [2.75, 3.05) is 17.8 Å². The Morgan fingerprint density at radius 3 is 2.04 bits per heavy atom. The highest BCUT2D eigenvalue weighted by molar-refractivity contribution is 9.10. The summed E-state index contributed by atoms with van der Waals surface area (Å²) >= 11 is 3.30. The van der Waals surface area contributed by atoms with Crippen molar-refractivity contribution in [2.45, 2.75) is 12.8 Å². The van der Waals surface area contributed by atoms with Crippen molar-refractivity contribution in [3.8, 4) is 0 Å². The van der Waals surface area contributed by atoms with Crippen LogP contribution in [0.1, 0.15) is 33.6 Å². The molecule has 2 aliphatic rings. The minimum Gasteiger partial charge on any atom is -0.367 e. The van der Waals surface area contributed by atoms with E-state index in [0.29, 0.717) is 18.8 Å². The van der Waals surface area contributed by atoms with E-state index in [4.69, 9.17) is 0 Å². The summed E-state index contributed by atoms with van der Waals surface area (Å²) < 4.78 is 29.6. The number of nitrogens with one attached hydrogen (secondary N) is 1. The summed E-state index contributed by atoms with van der Waals surface area (Å²) in [6.07, 6.45) is 1.69. The van der Waals surface area contributed by atoms with Gasteiger partial charge in [0.25, 0.3) is 10.0 Å². The van der Waals surface area contributed by atoms with Crippen molar-refractivity contribution in [1.29, 1.82) is 0 Å².